The van der Waals surface area contributed by atoms with Crippen LogP contribution in [-0.2, 0) is 31.6 Å². The number of phosphoric acid groups is 3. The van der Waals surface area contributed by atoms with Gasteiger partial charge < -0.3 is 39.8 Å². The third-order valence-corrected chi connectivity index (χ3v) is 9.27. The van der Waals surface area contributed by atoms with Crippen molar-refractivity contribution in [2.24, 2.45) is 5.11 Å². The molecule has 1 aromatic heterocycles. The second kappa shape index (κ2) is 14.3. The van der Waals surface area contributed by atoms with E-state index in [1.165, 1.54) is 24.3 Å². The largest absolute Gasteiger partial charge is 0.490 e. The number of nitro groups is 1. The fourth-order valence-electron chi connectivity index (χ4n) is 3.67. The standard InChI is InChI=1S/C18H22N7O17P3/c19-23-22-10-3-4-12(25(30)31)11(6-10)20-5-1-2-9-7-24(18(29)21-16(9)28)17-15(27)14(26)13(40-17)8-39-44(35,36)42-45(37,38)41-43(32,33)34/h1-4,6-7,13-15,17,20,26-27H,5,8H2,(H,35,36)(H,37,38)(H,21,28,29)(H2,32,33,34)/b2-1+/t13-,14-,15-,17-/m1/s1. The average Bonchev–Trinajstić information content (AvgIpc) is 3.17. The van der Waals surface area contributed by atoms with E-state index in [9.17, 15) is 53.4 Å². The zero-order chi connectivity index (χ0) is 33.7. The Balaban J connectivity index is 1.73. The smallest absolute Gasteiger partial charge is 0.387 e. The number of ether oxygens (including phenoxy) is 1. The second-order valence-electron chi connectivity index (χ2n) is 8.62. The van der Waals surface area contributed by atoms with Crippen molar-refractivity contribution < 1.29 is 66.3 Å². The third-order valence-electron chi connectivity index (χ3n) is 5.47. The minimum atomic E-state index is -5.83. The van der Waals surface area contributed by atoms with E-state index in [4.69, 9.17) is 20.1 Å². The number of H-pyrrole nitrogens is 1. The summed E-state index contributed by atoms with van der Waals surface area (Å²) in [5.74, 6) is 0. The maximum atomic E-state index is 12.5. The monoisotopic (exact) mass is 701 g/mol. The fraction of sp³-hybridized carbons (Fsp3) is 0.333. The molecule has 0 spiro atoms. The summed E-state index contributed by atoms with van der Waals surface area (Å²) in [5, 5.41) is 38.1. The van der Waals surface area contributed by atoms with Crippen LogP contribution < -0.4 is 16.6 Å². The zero-order valence-electron chi connectivity index (χ0n) is 21.9. The summed E-state index contributed by atoms with van der Waals surface area (Å²) in [6, 6.07) is 3.54. The number of aliphatic hydroxyl groups is 2. The SMILES string of the molecule is [N-]=[N+]=Nc1ccc([N+](=O)[O-])c(NC/C=C/c2cn([C@@H]3O[C@H](COP(=O)(O)OP(=O)(O)OP(=O)(O)O)[C@@H](O)[C@H]3O)c(=O)[nH]c2=O)c1. The Bertz CT molecular complexity index is 1780. The topological polar surface area (TPSA) is 368 Å². The van der Waals surface area contributed by atoms with Gasteiger partial charge in [0.05, 0.1) is 17.1 Å². The van der Waals surface area contributed by atoms with Crippen LogP contribution in [0.2, 0.25) is 0 Å². The molecule has 0 saturated carbocycles. The van der Waals surface area contributed by atoms with Gasteiger partial charge in [0, 0.05) is 29.4 Å². The highest BCUT2D eigenvalue weighted by molar-refractivity contribution is 7.66. The number of aliphatic hydroxyl groups excluding tert-OH is 2. The molecule has 0 radical (unpaired) electrons. The number of phosphoric ester groups is 1. The highest BCUT2D eigenvalue weighted by Gasteiger charge is 2.46. The lowest BCUT2D eigenvalue weighted by atomic mass is 10.1. The van der Waals surface area contributed by atoms with Gasteiger partial charge in [-0.3, -0.25) is 29.0 Å². The molecule has 1 saturated heterocycles. The molecule has 0 amide bonds. The van der Waals surface area contributed by atoms with E-state index in [1.54, 1.807) is 0 Å². The van der Waals surface area contributed by atoms with Gasteiger partial charge in [0.1, 0.15) is 24.0 Å². The van der Waals surface area contributed by atoms with Crippen molar-refractivity contribution in [3.8, 4) is 0 Å². The quantitative estimate of drug-likeness (QED) is 0.0331. The molecule has 246 valence electrons. The molecule has 1 fully saturated rings. The molecule has 0 aliphatic carbocycles. The Hall–Kier alpha value is -3.56. The molecule has 45 heavy (non-hydrogen) atoms. The molecule has 1 aromatic carbocycles. The molecule has 0 bridgehead atoms. The molecule has 27 heteroatoms. The van der Waals surface area contributed by atoms with E-state index in [1.807, 2.05) is 4.98 Å². The molecule has 3 rings (SSSR count). The van der Waals surface area contributed by atoms with Gasteiger partial charge in [-0.15, -0.1) is 0 Å². The van der Waals surface area contributed by atoms with Crippen LogP contribution in [0, 0.1) is 10.1 Å². The summed E-state index contributed by atoms with van der Waals surface area (Å²) in [6.45, 7) is -1.27. The molecule has 6 atom stereocenters. The summed E-state index contributed by atoms with van der Waals surface area (Å²) in [5.41, 5.74) is 6.02. The van der Waals surface area contributed by atoms with Gasteiger partial charge in [-0.2, -0.15) is 8.62 Å². The van der Waals surface area contributed by atoms with E-state index in [0.29, 0.717) is 4.57 Å². The van der Waals surface area contributed by atoms with Crippen molar-refractivity contribution >= 4 is 46.6 Å². The number of anilines is 1. The van der Waals surface area contributed by atoms with E-state index in [0.717, 1.165) is 12.3 Å². The molecule has 24 nitrogen and oxygen atoms in total. The van der Waals surface area contributed by atoms with Crippen molar-refractivity contribution in [2.45, 2.75) is 24.5 Å². The minimum absolute atomic E-state index is 0.0212. The maximum Gasteiger partial charge on any atom is 0.490 e. The number of azide groups is 1. The Morgan fingerprint density at radius 1 is 1.16 bits per heavy atom. The molecule has 8 N–H and O–H groups in total. The molecular weight excluding hydrogens is 679 g/mol. The molecule has 1 aliphatic rings. The first-order chi connectivity index (χ1) is 20.8. The number of nitro benzene ring substituents is 1. The lowest BCUT2D eigenvalue weighted by Crippen LogP contribution is -2.38. The van der Waals surface area contributed by atoms with Gasteiger partial charge in [0.15, 0.2) is 6.23 Å². The molecule has 2 unspecified atom stereocenters. The first-order valence-corrected chi connectivity index (χ1v) is 16.2. The van der Waals surface area contributed by atoms with Crippen LogP contribution in [0.15, 0.2) is 45.2 Å². The Morgan fingerprint density at radius 2 is 1.84 bits per heavy atom. The molecular formula is C18H22N7O17P3. The second-order valence-corrected chi connectivity index (χ2v) is 13.0. The molecule has 2 heterocycles. The number of benzene rings is 1. The van der Waals surface area contributed by atoms with Gasteiger partial charge in [-0.05, 0) is 17.7 Å². The van der Waals surface area contributed by atoms with E-state index in [2.05, 4.69) is 28.5 Å². The number of nitrogens with one attached hydrogen (secondary N) is 2. The van der Waals surface area contributed by atoms with Gasteiger partial charge >= 0.3 is 29.2 Å². The summed E-state index contributed by atoms with van der Waals surface area (Å²) in [6.07, 6.45) is -3.91. The minimum Gasteiger partial charge on any atom is -0.387 e. The van der Waals surface area contributed by atoms with Crippen LogP contribution >= 0.6 is 23.5 Å². The average molecular weight is 701 g/mol. The van der Waals surface area contributed by atoms with Crippen LogP contribution in [0.1, 0.15) is 11.8 Å². The van der Waals surface area contributed by atoms with Gasteiger partial charge in [-0.1, -0.05) is 17.3 Å². The van der Waals surface area contributed by atoms with Crippen molar-refractivity contribution in [3.05, 3.63) is 77.4 Å². The number of rotatable bonds is 14. The van der Waals surface area contributed by atoms with Crippen LogP contribution in [0.5, 0.6) is 0 Å². The van der Waals surface area contributed by atoms with Crippen LogP contribution in [0.25, 0.3) is 16.5 Å². The summed E-state index contributed by atoms with van der Waals surface area (Å²) in [7, 11) is -17.1. The predicted octanol–water partition coefficient (Wildman–Crippen LogP) is 0.474. The van der Waals surface area contributed by atoms with Crippen LogP contribution in [-0.4, -0.2) is 75.7 Å². The van der Waals surface area contributed by atoms with Crippen molar-refractivity contribution in [1.29, 1.82) is 0 Å². The number of nitrogens with zero attached hydrogens (tertiary/aromatic N) is 5. The van der Waals surface area contributed by atoms with Crippen molar-refractivity contribution in [3.63, 3.8) is 0 Å². The fourth-order valence-corrected chi connectivity index (χ4v) is 6.70. The van der Waals surface area contributed by atoms with Gasteiger partial charge in [0.2, 0.25) is 0 Å². The van der Waals surface area contributed by atoms with Crippen molar-refractivity contribution in [2.75, 3.05) is 18.5 Å². The highest BCUT2D eigenvalue weighted by Crippen LogP contribution is 2.66. The van der Waals surface area contributed by atoms with E-state index in [-0.39, 0.29) is 29.2 Å². The summed E-state index contributed by atoms with van der Waals surface area (Å²) in [4.78, 5) is 75.8. The lowest BCUT2D eigenvalue weighted by Gasteiger charge is -2.19. The Labute approximate surface area is 248 Å². The maximum absolute atomic E-state index is 12.5. The highest BCUT2D eigenvalue weighted by atomic mass is 31.3. The first-order valence-electron chi connectivity index (χ1n) is 11.7. The number of hydrogen-bond donors (Lipinski definition) is 8. The number of aromatic amines is 1. The normalized spacial score (nSPS) is 22.8. The van der Waals surface area contributed by atoms with Gasteiger partial charge in [0.25, 0.3) is 11.2 Å². The zero-order valence-corrected chi connectivity index (χ0v) is 24.6. The van der Waals surface area contributed by atoms with Crippen molar-refractivity contribution in [1.82, 2.24) is 9.55 Å². The van der Waals surface area contributed by atoms with E-state index < -0.39 is 70.8 Å². The first kappa shape index (κ1) is 35.9. The summed E-state index contributed by atoms with van der Waals surface area (Å²) < 4.78 is 51.6. The number of aromatic nitrogens is 2. The molecule has 1 aliphatic heterocycles. The summed E-state index contributed by atoms with van der Waals surface area (Å²) >= 11 is 0. The van der Waals surface area contributed by atoms with Crippen LogP contribution in [0.3, 0.4) is 0 Å². The molecule has 2 aromatic rings. The van der Waals surface area contributed by atoms with Crippen LogP contribution in [0.4, 0.5) is 17.1 Å². The lowest BCUT2D eigenvalue weighted by molar-refractivity contribution is -0.383. The predicted molar refractivity (Wildman–Crippen MR) is 146 cm³/mol. The Kier molecular flexibility index (Phi) is 11.4. The third kappa shape index (κ3) is 9.96. The number of hydrogen-bond acceptors (Lipinski definition) is 15. The van der Waals surface area contributed by atoms with Gasteiger partial charge in [-0.25, -0.2) is 18.5 Å². The Morgan fingerprint density at radius 3 is 2.47 bits per heavy atom. The van der Waals surface area contributed by atoms with E-state index >= 15 is 0 Å².